The van der Waals surface area contributed by atoms with E-state index in [4.69, 9.17) is 9.47 Å². The van der Waals surface area contributed by atoms with E-state index in [2.05, 4.69) is 39.4 Å². The van der Waals surface area contributed by atoms with Crippen LogP contribution in [0.2, 0.25) is 0 Å². The number of unbranched alkanes of at least 4 members (excludes halogenated alkanes) is 1. The normalized spacial score (nSPS) is 11.3. The summed E-state index contributed by atoms with van der Waals surface area (Å²) in [6, 6.07) is 0. The van der Waals surface area contributed by atoms with Gasteiger partial charge in [0, 0.05) is 25.6 Å². The number of ether oxygens (including phenoxy) is 2. The molecule has 0 unspecified atom stereocenters. The number of guanidine groups is 1. The lowest BCUT2D eigenvalue weighted by Gasteiger charge is -2.21. The van der Waals surface area contributed by atoms with Crippen molar-refractivity contribution in [3.63, 3.8) is 0 Å². The van der Waals surface area contributed by atoms with Crippen LogP contribution in [0.1, 0.15) is 37.4 Å². The van der Waals surface area contributed by atoms with Gasteiger partial charge in [0.15, 0.2) is 5.96 Å². The van der Waals surface area contributed by atoms with E-state index in [0.717, 1.165) is 49.2 Å². The van der Waals surface area contributed by atoms with Crippen LogP contribution >= 0.6 is 35.3 Å². The predicted molar refractivity (Wildman–Crippen MR) is 116 cm³/mol. The quantitative estimate of drug-likeness (QED) is 0.214. The summed E-state index contributed by atoms with van der Waals surface area (Å²) in [5, 5.41) is 6.49. The molecule has 0 radical (unpaired) electrons. The van der Waals surface area contributed by atoms with Gasteiger partial charge in [-0.3, -0.25) is 4.99 Å². The lowest BCUT2D eigenvalue weighted by Crippen LogP contribution is -2.38. The predicted octanol–water partition coefficient (Wildman–Crippen LogP) is 3.30. The molecule has 8 heteroatoms. The Morgan fingerprint density at radius 2 is 1.96 bits per heavy atom. The van der Waals surface area contributed by atoms with Crippen molar-refractivity contribution in [1.82, 2.24) is 15.2 Å². The number of nitrogens with one attached hydrogen (secondary N) is 1. The van der Waals surface area contributed by atoms with E-state index in [0.29, 0.717) is 26.4 Å². The van der Waals surface area contributed by atoms with Crippen LogP contribution in [-0.2, 0) is 16.0 Å². The SMILES string of the molecule is CCCCOCCOCCN=C(NCC)N(C)Cc1csc(C)n1.I. The molecule has 0 aliphatic rings. The lowest BCUT2D eigenvalue weighted by atomic mass is 10.4. The van der Waals surface area contributed by atoms with Crippen molar-refractivity contribution in [2.75, 3.05) is 46.6 Å². The highest BCUT2D eigenvalue weighted by Crippen LogP contribution is 2.09. The Morgan fingerprint density at radius 3 is 2.56 bits per heavy atom. The first kappa shape index (κ1) is 24.6. The van der Waals surface area contributed by atoms with Crippen LogP contribution in [0.3, 0.4) is 0 Å². The smallest absolute Gasteiger partial charge is 0.194 e. The summed E-state index contributed by atoms with van der Waals surface area (Å²) < 4.78 is 11.0. The van der Waals surface area contributed by atoms with Crippen LogP contribution in [0, 0.1) is 6.92 Å². The fourth-order valence-corrected chi connectivity index (χ4v) is 2.66. The molecule has 0 amide bonds. The molecule has 0 aromatic carbocycles. The van der Waals surface area contributed by atoms with E-state index in [1.807, 2.05) is 14.0 Å². The third-order valence-electron chi connectivity index (χ3n) is 3.27. The largest absolute Gasteiger partial charge is 0.379 e. The molecule has 0 saturated carbocycles. The van der Waals surface area contributed by atoms with Crippen LogP contribution in [-0.4, -0.2) is 62.4 Å². The molecule has 25 heavy (non-hydrogen) atoms. The van der Waals surface area contributed by atoms with Crippen molar-refractivity contribution in [3.8, 4) is 0 Å². The van der Waals surface area contributed by atoms with Gasteiger partial charge in [-0.05, 0) is 20.3 Å². The maximum Gasteiger partial charge on any atom is 0.194 e. The number of hydrogen-bond donors (Lipinski definition) is 1. The second kappa shape index (κ2) is 15.8. The molecule has 1 aromatic rings. The zero-order chi connectivity index (χ0) is 17.6. The molecular weight excluding hydrogens is 451 g/mol. The molecule has 146 valence electrons. The molecule has 0 fully saturated rings. The maximum atomic E-state index is 5.55. The lowest BCUT2D eigenvalue weighted by molar-refractivity contribution is 0.0497. The first-order chi connectivity index (χ1) is 11.7. The second-order valence-electron chi connectivity index (χ2n) is 5.53. The van der Waals surface area contributed by atoms with Crippen molar-refractivity contribution in [2.45, 2.75) is 40.2 Å². The van der Waals surface area contributed by atoms with Gasteiger partial charge in [0.25, 0.3) is 0 Å². The van der Waals surface area contributed by atoms with Crippen LogP contribution in [0.25, 0.3) is 0 Å². The molecule has 0 atom stereocenters. The first-order valence-corrected chi connectivity index (χ1v) is 9.61. The summed E-state index contributed by atoms with van der Waals surface area (Å²) in [6.45, 7) is 11.2. The molecule has 0 spiro atoms. The molecule has 1 aromatic heterocycles. The molecular formula is C17H33IN4O2S. The van der Waals surface area contributed by atoms with Crippen LogP contribution < -0.4 is 5.32 Å². The van der Waals surface area contributed by atoms with E-state index >= 15 is 0 Å². The fourth-order valence-electron chi connectivity index (χ4n) is 2.05. The van der Waals surface area contributed by atoms with Crippen LogP contribution in [0.5, 0.6) is 0 Å². The van der Waals surface area contributed by atoms with Gasteiger partial charge in [-0.1, -0.05) is 13.3 Å². The van der Waals surface area contributed by atoms with E-state index < -0.39 is 0 Å². The van der Waals surface area contributed by atoms with Gasteiger partial charge >= 0.3 is 0 Å². The zero-order valence-electron chi connectivity index (χ0n) is 15.9. The number of hydrogen-bond acceptors (Lipinski definition) is 5. The summed E-state index contributed by atoms with van der Waals surface area (Å²) >= 11 is 1.68. The Hall–Kier alpha value is -0.450. The number of nitrogens with zero attached hydrogens (tertiary/aromatic N) is 3. The minimum Gasteiger partial charge on any atom is -0.379 e. The number of aliphatic imine (C=N–C) groups is 1. The Balaban J connectivity index is 0.00000576. The van der Waals surface area contributed by atoms with Crippen molar-refractivity contribution >= 4 is 41.3 Å². The van der Waals surface area contributed by atoms with Crippen molar-refractivity contribution in [3.05, 3.63) is 16.1 Å². The van der Waals surface area contributed by atoms with Crippen LogP contribution in [0.4, 0.5) is 0 Å². The highest BCUT2D eigenvalue weighted by molar-refractivity contribution is 14.0. The van der Waals surface area contributed by atoms with Crippen molar-refractivity contribution < 1.29 is 9.47 Å². The van der Waals surface area contributed by atoms with E-state index in [1.54, 1.807) is 11.3 Å². The molecule has 1 N–H and O–H groups in total. The van der Waals surface area contributed by atoms with Gasteiger partial charge in [-0.2, -0.15) is 0 Å². The highest BCUT2D eigenvalue weighted by Gasteiger charge is 2.08. The molecule has 6 nitrogen and oxygen atoms in total. The van der Waals surface area contributed by atoms with E-state index in [9.17, 15) is 0 Å². The summed E-state index contributed by atoms with van der Waals surface area (Å²) in [5.74, 6) is 0.881. The van der Waals surface area contributed by atoms with Gasteiger partial charge < -0.3 is 19.7 Å². The van der Waals surface area contributed by atoms with Crippen molar-refractivity contribution in [2.24, 2.45) is 4.99 Å². The number of thiazole rings is 1. The summed E-state index contributed by atoms with van der Waals surface area (Å²) in [4.78, 5) is 11.2. The van der Waals surface area contributed by atoms with Gasteiger partial charge in [-0.15, -0.1) is 35.3 Å². The molecule has 0 saturated heterocycles. The Morgan fingerprint density at radius 1 is 1.24 bits per heavy atom. The monoisotopic (exact) mass is 484 g/mol. The van der Waals surface area contributed by atoms with Gasteiger partial charge in [0.1, 0.15) is 0 Å². The summed E-state index contributed by atoms with van der Waals surface area (Å²) in [7, 11) is 2.03. The van der Waals surface area contributed by atoms with Gasteiger partial charge in [-0.25, -0.2) is 4.98 Å². The first-order valence-electron chi connectivity index (χ1n) is 8.73. The summed E-state index contributed by atoms with van der Waals surface area (Å²) in [5.41, 5.74) is 1.08. The third-order valence-corrected chi connectivity index (χ3v) is 4.10. The number of aromatic nitrogens is 1. The fraction of sp³-hybridized carbons (Fsp3) is 0.765. The molecule has 1 rings (SSSR count). The van der Waals surface area contributed by atoms with Gasteiger partial charge in [0.05, 0.1) is 43.6 Å². The average Bonchev–Trinajstić information content (AvgIpc) is 2.97. The molecule has 0 bridgehead atoms. The number of rotatable bonds is 12. The summed E-state index contributed by atoms with van der Waals surface area (Å²) in [6.07, 6.45) is 2.28. The minimum atomic E-state index is 0. The Bertz CT molecular complexity index is 471. The number of halogens is 1. The third kappa shape index (κ3) is 11.7. The standard InChI is InChI=1S/C17H32N4O2S.HI/c1-5-7-9-22-11-12-23-10-8-19-17(18-6-2)21(4)13-16-14-24-15(3)20-16;/h14H,5-13H2,1-4H3,(H,18,19);1H. The number of aryl methyl sites for hydroxylation is 1. The molecule has 1 heterocycles. The topological polar surface area (TPSA) is 59.0 Å². The van der Waals surface area contributed by atoms with E-state index in [1.165, 1.54) is 0 Å². The minimum absolute atomic E-state index is 0. The van der Waals surface area contributed by atoms with Gasteiger partial charge in [0.2, 0.25) is 0 Å². The van der Waals surface area contributed by atoms with E-state index in [-0.39, 0.29) is 24.0 Å². The second-order valence-corrected chi connectivity index (χ2v) is 6.59. The van der Waals surface area contributed by atoms with Crippen molar-refractivity contribution in [1.29, 1.82) is 0 Å². The molecule has 0 aliphatic heterocycles. The maximum absolute atomic E-state index is 5.55. The Kier molecular flexibility index (Phi) is 15.5. The average molecular weight is 484 g/mol. The van der Waals surface area contributed by atoms with Crippen LogP contribution in [0.15, 0.2) is 10.4 Å². The zero-order valence-corrected chi connectivity index (χ0v) is 19.1. The Labute approximate surface area is 173 Å². The molecule has 0 aliphatic carbocycles. The highest BCUT2D eigenvalue weighted by atomic mass is 127.